The van der Waals surface area contributed by atoms with Crippen LogP contribution in [0.15, 0.2) is 48.6 Å². The molecule has 0 spiro atoms. The lowest BCUT2D eigenvalue weighted by Gasteiger charge is -2.18. The standard InChI is InChI=1S/C56H100O6/c1-4-7-10-13-16-19-22-25-27-28-29-32-34-37-40-43-46-49-55(58)61-52-53(51-60-54(57)48-45-42-39-36-33-30-24-21-18-15-12-9-6-3)62-56(59)50-47-44-41-38-35-31-26-23-20-17-14-11-8-5-2/h9,12,15,18,21,24,31,35,53H,4-8,10-11,13-14,16-17,19-20,22-23,25-30,32-34,36-52H2,1-3H3/b12-9+,18-15+,24-21+,35-31+. The van der Waals surface area contributed by atoms with E-state index in [2.05, 4.69) is 69.4 Å². The molecule has 1 unspecified atom stereocenters. The Morgan fingerprint density at radius 3 is 1.03 bits per heavy atom. The third kappa shape index (κ3) is 48.4. The first-order chi connectivity index (χ1) is 30.5. The molecular weight excluding hydrogens is 769 g/mol. The quantitative estimate of drug-likeness (QED) is 0.0199. The third-order valence-electron chi connectivity index (χ3n) is 11.6. The maximum atomic E-state index is 12.8. The fraction of sp³-hybridized carbons (Fsp3) is 0.804. The lowest BCUT2D eigenvalue weighted by atomic mass is 10.0. The molecule has 0 aliphatic rings. The van der Waals surface area contributed by atoms with E-state index in [1.807, 2.05) is 0 Å². The van der Waals surface area contributed by atoms with Crippen LogP contribution in [0.2, 0.25) is 0 Å². The summed E-state index contributed by atoms with van der Waals surface area (Å²) >= 11 is 0. The van der Waals surface area contributed by atoms with Gasteiger partial charge in [-0.1, -0.05) is 236 Å². The Balaban J connectivity index is 4.37. The van der Waals surface area contributed by atoms with Crippen molar-refractivity contribution in [2.75, 3.05) is 13.2 Å². The Morgan fingerprint density at radius 1 is 0.339 bits per heavy atom. The number of hydrogen-bond donors (Lipinski definition) is 0. The fourth-order valence-corrected chi connectivity index (χ4v) is 7.61. The Kier molecular flexibility index (Phi) is 48.8. The van der Waals surface area contributed by atoms with Crippen LogP contribution < -0.4 is 0 Å². The highest BCUT2D eigenvalue weighted by atomic mass is 16.6. The van der Waals surface area contributed by atoms with E-state index in [9.17, 15) is 14.4 Å². The van der Waals surface area contributed by atoms with Gasteiger partial charge in [0.1, 0.15) is 13.2 Å². The normalized spacial score (nSPS) is 12.4. The summed E-state index contributed by atoms with van der Waals surface area (Å²) in [6, 6.07) is 0. The van der Waals surface area contributed by atoms with E-state index in [4.69, 9.17) is 14.2 Å². The molecule has 6 heteroatoms. The zero-order chi connectivity index (χ0) is 45.1. The zero-order valence-electron chi connectivity index (χ0n) is 41.1. The van der Waals surface area contributed by atoms with E-state index in [1.165, 1.54) is 135 Å². The van der Waals surface area contributed by atoms with E-state index < -0.39 is 6.10 Å². The van der Waals surface area contributed by atoms with Crippen molar-refractivity contribution in [2.24, 2.45) is 0 Å². The van der Waals surface area contributed by atoms with Gasteiger partial charge >= 0.3 is 17.9 Å². The summed E-state index contributed by atoms with van der Waals surface area (Å²) in [4.78, 5) is 38.0. The number of esters is 3. The SMILES string of the molecule is CC/C=C/C=C/C=C/CCCCCCCC(=O)OCC(COC(=O)CCCCCCCCCCCCCCCCCCC)OC(=O)CCCCC/C=C/CCCCCCCCC. The van der Waals surface area contributed by atoms with E-state index in [0.29, 0.717) is 19.3 Å². The highest BCUT2D eigenvalue weighted by Gasteiger charge is 2.19. The van der Waals surface area contributed by atoms with Crippen LogP contribution in [0, 0.1) is 0 Å². The van der Waals surface area contributed by atoms with Gasteiger partial charge in [-0.2, -0.15) is 0 Å². The number of carbonyl (C=O) groups is 3. The van der Waals surface area contributed by atoms with Gasteiger partial charge in [0.2, 0.25) is 0 Å². The summed E-state index contributed by atoms with van der Waals surface area (Å²) in [6.45, 7) is 6.49. The highest BCUT2D eigenvalue weighted by molar-refractivity contribution is 5.71. The monoisotopic (exact) mass is 869 g/mol. The second-order valence-electron chi connectivity index (χ2n) is 17.8. The lowest BCUT2D eigenvalue weighted by molar-refractivity contribution is -0.167. The molecule has 1 atom stereocenters. The Morgan fingerprint density at radius 2 is 0.645 bits per heavy atom. The summed E-state index contributed by atoms with van der Waals surface area (Å²) in [5, 5.41) is 0. The number of unbranched alkanes of at least 4 members (excludes halogenated alkanes) is 31. The molecule has 0 fully saturated rings. The smallest absolute Gasteiger partial charge is 0.306 e. The van der Waals surface area contributed by atoms with Gasteiger partial charge in [-0.05, 0) is 64.2 Å². The largest absolute Gasteiger partial charge is 0.462 e. The number of carbonyl (C=O) groups excluding carboxylic acids is 3. The van der Waals surface area contributed by atoms with E-state index >= 15 is 0 Å². The molecule has 62 heavy (non-hydrogen) atoms. The van der Waals surface area contributed by atoms with E-state index in [0.717, 1.165) is 96.3 Å². The molecule has 0 saturated heterocycles. The third-order valence-corrected chi connectivity index (χ3v) is 11.6. The molecule has 0 amide bonds. The van der Waals surface area contributed by atoms with Gasteiger partial charge in [-0.15, -0.1) is 0 Å². The molecule has 360 valence electrons. The number of rotatable bonds is 48. The van der Waals surface area contributed by atoms with Gasteiger partial charge in [0, 0.05) is 19.3 Å². The second kappa shape index (κ2) is 51.0. The van der Waals surface area contributed by atoms with Gasteiger partial charge in [-0.25, -0.2) is 0 Å². The molecule has 0 aliphatic heterocycles. The number of ether oxygens (including phenoxy) is 3. The zero-order valence-corrected chi connectivity index (χ0v) is 41.1. The summed E-state index contributed by atoms with van der Waals surface area (Å²) in [6.07, 6.45) is 61.0. The summed E-state index contributed by atoms with van der Waals surface area (Å²) in [7, 11) is 0. The minimum absolute atomic E-state index is 0.0833. The second-order valence-corrected chi connectivity index (χ2v) is 17.8. The van der Waals surface area contributed by atoms with Crippen LogP contribution >= 0.6 is 0 Å². The average molecular weight is 869 g/mol. The van der Waals surface area contributed by atoms with Crippen LogP contribution in [0.5, 0.6) is 0 Å². The molecule has 0 heterocycles. The topological polar surface area (TPSA) is 78.9 Å². The van der Waals surface area contributed by atoms with Crippen molar-refractivity contribution >= 4 is 17.9 Å². The Labute approximate surface area is 384 Å². The van der Waals surface area contributed by atoms with Crippen molar-refractivity contribution in [2.45, 2.75) is 277 Å². The van der Waals surface area contributed by atoms with Crippen LogP contribution in [0.1, 0.15) is 271 Å². The molecule has 0 saturated carbocycles. The van der Waals surface area contributed by atoms with Crippen molar-refractivity contribution in [3.05, 3.63) is 48.6 Å². The first-order valence-electron chi connectivity index (χ1n) is 26.7. The number of allylic oxidation sites excluding steroid dienone is 8. The van der Waals surface area contributed by atoms with Crippen molar-refractivity contribution in [1.29, 1.82) is 0 Å². The first-order valence-corrected chi connectivity index (χ1v) is 26.7. The summed E-state index contributed by atoms with van der Waals surface area (Å²) in [5.74, 6) is -0.911. The van der Waals surface area contributed by atoms with Gasteiger partial charge < -0.3 is 14.2 Å². The minimum Gasteiger partial charge on any atom is -0.462 e. The van der Waals surface area contributed by atoms with Crippen molar-refractivity contribution in [1.82, 2.24) is 0 Å². The maximum Gasteiger partial charge on any atom is 0.306 e. The summed E-state index contributed by atoms with van der Waals surface area (Å²) in [5.41, 5.74) is 0. The molecule has 0 aromatic carbocycles. The minimum atomic E-state index is -0.786. The molecule has 0 bridgehead atoms. The average Bonchev–Trinajstić information content (AvgIpc) is 3.27. The first kappa shape index (κ1) is 59.4. The van der Waals surface area contributed by atoms with Gasteiger partial charge in [-0.3, -0.25) is 14.4 Å². The van der Waals surface area contributed by atoms with Gasteiger partial charge in [0.25, 0.3) is 0 Å². The van der Waals surface area contributed by atoms with E-state index in [-0.39, 0.29) is 31.1 Å². The molecular formula is C56H100O6. The lowest BCUT2D eigenvalue weighted by Crippen LogP contribution is -2.30. The Bertz CT molecular complexity index is 1090. The predicted molar refractivity (Wildman–Crippen MR) is 265 cm³/mol. The predicted octanol–water partition coefficient (Wildman–Crippen LogP) is 17.5. The highest BCUT2D eigenvalue weighted by Crippen LogP contribution is 2.16. The van der Waals surface area contributed by atoms with Gasteiger partial charge in [0.15, 0.2) is 6.10 Å². The van der Waals surface area contributed by atoms with Crippen LogP contribution in [-0.2, 0) is 28.6 Å². The maximum absolute atomic E-state index is 12.8. The Hall–Kier alpha value is -2.63. The molecule has 0 aromatic heterocycles. The van der Waals surface area contributed by atoms with Crippen LogP contribution in [0.25, 0.3) is 0 Å². The van der Waals surface area contributed by atoms with Crippen LogP contribution in [0.4, 0.5) is 0 Å². The number of hydrogen-bond acceptors (Lipinski definition) is 6. The molecule has 0 rings (SSSR count). The molecule has 6 nitrogen and oxygen atoms in total. The van der Waals surface area contributed by atoms with Gasteiger partial charge in [0.05, 0.1) is 0 Å². The van der Waals surface area contributed by atoms with Crippen LogP contribution in [0.3, 0.4) is 0 Å². The molecule has 0 aliphatic carbocycles. The van der Waals surface area contributed by atoms with E-state index in [1.54, 1.807) is 0 Å². The van der Waals surface area contributed by atoms with Crippen LogP contribution in [-0.4, -0.2) is 37.2 Å². The molecule has 0 N–H and O–H groups in total. The molecule has 0 aromatic rings. The summed E-state index contributed by atoms with van der Waals surface area (Å²) < 4.78 is 16.8. The fourth-order valence-electron chi connectivity index (χ4n) is 7.61. The van der Waals surface area contributed by atoms with Crippen molar-refractivity contribution < 1.29 is 28.6 Å². The van der Waals surface area contributed by atoms with Crippen molar-refractivity contribution in [3.63, 3.8) is 0 Å². The molecule has 0 radical (unpaired) electrons. The van der Waals surface area contributed by atoms with Crippen molar-refractivity contribution in [3.8, 4) is 0 Å².